The van der Waals surface area contributed by atoms with Crippen molar-refractivity contribution in [2.24, 2.45) is 5.41 Å². The highest BCUT2D eigenvalue weighted by Crippen LogP contribution is 2.36. The van der Waals surface area contributed by atoms with Gasteiger partial charge in [-0.3, -0.25) is 19.0 Å². The average molecular weight is 453 g/mol. The minimum absolute atomic E-state index is 0.0499. The molecule has 0 fully saturated rings. The summed E-state index contributed by atoms with van der Waals surface area (Å²) in [5.41, 5.74) is 0.179. The number of carbonyl (C=O) groups excluding carboxylic acids is 2. The highest BCUT2D eigenvalue weighted by molar-refractivity contribution is 6.30. The van der Waals surface area contributed by atoms with Gasteiger partial charge in [-0.15, -0.1) is 0 Å². The lowest BCUT2D eigenvalue weighted by molar-refractivity contribution is 0.0910. The van der Waals surface area contributed by atoms with Gasteiger partial charge in [-0.1, -0.05) is 37.6 Å². The number of anilines is 1. The summed E-state index contributed by atoms with van der Waals surface area (Å²) < 4.78 is 15.7. The second kappa shape index (κ2) is 8.02. The number of para-hydroxylation sites is 1. The van der Waals surface area contributed by atoms with E-state index in [1.165, 1.54) is 36.0 Å². The standard InChI is InChI=1S/C25H22ClFN2O3/c1-25(2)12-17-18(21(30)13-25)14-29(16-10-8-15(26)9-11-16)24(32)22(17)23(31)28(3)20-7-5-4-6-19(20)27/h4-11,14H,12-13H2,1-3H3. The van der Waals surface area contributed by atoms with Crippen LogP contribution < -0.4 is 10.5 Å². The molecule has 0 saturated carbocycles. The fourth-order valence-corrected chi connectivity index (χ4v) is 4.29. The van der Waals surface area contributed by atoms with Crippen molar-refractivity contribution in [3.8, 4) is 5.69 Å². The van der Waals surface area contributed by atoms with Crippen molar-refractivity contribution in [1.29, 1.82) is 0 Å². The summed E-state index contributed by atoms with van der Waals surface area (Å²) in [6.07, 6.45) is 2.19. The number of amides is 1. The third kappa shape index (κ3) is 3.86. The normalized spacial score (nSPS) is 14.7. The molecule has 1 aromatic heterocycles. The molecule has 0 spiro atoms. The Morgan fingerprint density at radius 3 is 2.38 bits per heavy atom. The molecule has 5 nitrogen and oxygen atoms in total. The second-order valence-electron chi connectivity index (χ2n) is 8.80. The maximum absolute atomic E-state index is 14.4. The lowest BCUT2D eigenvalue weighted by Crippen LogP contribution is -2.40. The molecule has 32 heavy (non-hydrogen) atoms. The first-order chi connectivity index (χ1) is 15.1. The summed E-state index contributed by atoms with van der Waals surface area (Å²) in [6.45, 7) is 3.85. The van der Waals surface area contributed by atoms with Gasteiger partial charge in [0, 0.05) is 35.9 Å². The first kappa shape index (κ1) is 22.0. The van der Waals surface area contributed by atoms with E-state index in [1.807, 2.05) is 13.8 Å². The highest BCUT2D eigenvalue weighted by Gasteiger charge is 2.37. The van der Waals surface area contributed by atoms with Crippen LogP contribution in [0.4, 0.5) is 10.1 Å². The molecule has 0 atom stereocenters. The molecular weight excluding hydrogens is 431 g/mol. The van der Waals surface area contributed by atoms with Crippen LogP contribution in [-0.2, 0) is 6.42 Å². The maximum atomic E-state index is 14.4. The summed E-state index contributed by atoms with van der Waals surface area (Å²) >= 11 is 5.98. The van der Waals surface area contributed by atoms with Crippen LogP contribution in [0.3, 0.4) is 0 Å². The van der Waals surface area contributed by atoms with E-state index in [4.69, 9.17) is 11.6 Å². The van der Waals surface area contributed by atoms with Crippen LogP contribution in [0.2, 0.25) is 5.02 Å². The zero-order valence-electron chi connectivity index (χ0n) is 18.0. The van der Waals surface area contributed by atoms with E-state index in [0.29, 0.717) is 34.7 Å². The summed E-state index contributed by atoms with van der Waals surface area (Å²) in [5, 5.41) is 0.494. The largest absolute Gasteiger partial charge is 0.308 e. The summed E-state index contributed by atoms with van der Waals surface area (Å²) in [7, 11) is 1.42. The van der Waals surface area contributed by atoms with Crippen LogP contribution in [0.5, 0.6) is 0 Å². The Kier molecular flexibility index (Phi) is 5.51. The summed E-state index contributed by atoms with van der Waals surface area (Å²) in [4.78, 5) is 41.3. The number of Topliss-reactive ketones (excluding diaryl/α,β-unsaturated/α-hetero) is 1. The molecule has 1 aliphatic rings. The molecule has 1 heterocycles. The Balaban J connectivity index is 1.97. The average Bonchev–Trinajstić information content (AvgIpc) is 2.73. The lowest BCUT2D eigenvalue weighted by Gasteiger charge is -2.32. The van der Waals surface area contributed by atoms with Gasteiger partial charge in [-0.25, -0.2) is 4.39 Å². The predicted octanol–water partition coefficient (Wildman–Crippen LogP) is 5.06. The topological polar surface area (TPSA) is 59.4 Å². The van der Waals surface area contributed by atoms with E-state index in [2.05, 4.69) is 0 Å². The van der Waals surface area contributed by atoms with E-state index in [1.54, 1.807) is 30.3 Å². The molecule has 4 rings (SSSR count). The molecule has 0 unspecified atom stereocenters. The lowest BCUT2D eigenvalue weighted by atomic mass is 9.73. The van der Waals surface area contributed by atoms with Crippen LogP contribution in [-0.4, -0.2) is 23.3 Å². The van der Waals surface area contributed by atoms with E-state index in [0.717, 1.165) is 4.90 Å². The van der Waals surface area contributed by atoms with Gasteiger partial charge < -0.3 is 4.90 Å². The zero-order valence-corrected chi connectivity index (χ0v) is 18.7. The third-order valence-corrected chi connectivity index (χ3v) is 6.00. The Labute approximate surface area is 190 Å². The molecule has 0 N–H and O–H groups in total. The first-order valence-corrected chi connectivity index (χ1v) is 10.6. The van der Waals surface area contributed by atoms with Crippen molar-refractivity contribution < 1.29 is 14.0 Å². The number of ketones is 1. The number of carbonyl (C=O) groups is 2. The number of hydrogen-bond donors (Lipinski definition) is 0. The SMILES string of the molecule is CN(C(=O)c1c2c(cn(-c3ccc(Cl)cc3)c1=O)C(=O)CC(C)(C)C2)c1ccccc1F. The summed E-state index contributed by atoms with van der Waals surface area (Å²) in [6, 6.07) is 12.4. The Morgan fingerprint density at radius 2 is 1.72 bits per heavy atom. The highest BCUT2D eigenvalue weighted by atomic mass is 35.5. The molecule has 0 aliphatic heterocycles. The zero-order chi connectivity index (χ0) is 23.2. The minimum atomic E-state index is -0.662. The van der Waals surface area contributed by atoms with Crippen molar-refractivity contribution in [3.63, 3.8) is 0 Å². The number of benzene rings is 2. The molecule has 164 valence electrons. The number of nitrogens with zero attached hydrogens (tertiary/aromatic N) is 2. The fraction of sp³-hybridized carbons (Fsp3) is 0.240. The molecular formula is C25H22ClFN2O3. The number of fused-ring (bicyclic) bond motifs is 1. The Hall–Kier alpha value is -3.25. The van der Waals surface area contributed by atoms with Crippen molar-refractivity contribution in [2.75, 3.05) is 11.9 Å². The molecule has 0 saturated heterocycles. The van der Waals surface area contributed by atoms with Gasteiger partial charge in [0.1, 0.15) is 11.4 Å². The van der Waals surface area contributed by atoms with E-state index >= 15 is 0 Å². The van der Waals surface area contributed by atoms with E-state index in [-0.39, 0.29) is 17.0 Å². The van der Waals surface area contributed by atoms with Gasteiger partial charge in [-0.05, 0) is 53.8 Å². The smallest absolute Gasteiger partial charge is 0.268 e. The van der Waals surface area contributed by atoms with Crippen molar-refractivity contribution in [1.82, 2.24) is 4.57 Å². The van der Waals surface area contributed by atoms with E-state index in [9.17, 15) is 18.8 Å². The van der Waals surface area contributed by atoms with Gasteiger partial charge in [0.25, 0.3) is 11.5 Å². The maximum Gasteiger partial charge on any atom is 0.268 e. The summed E-state index contributed by atoms with van der Waals surface area (Å²) in [5.74, 6) is -1.38. The molecule has 0 bridgehead atoms. The molecule has 3 aromatic rings. The molecule has 7 heteroatoms. The molecule has 2 aromatic carbocycles. The number of hydrogen-bond acceptors (Lipinski definition) is 3. The molecule has 1 amide bonds. The van der Waals surface area contributed by atoms with Crippen LogP contribution in [0.25, 0.3) is 5.69 Å². The van der Waals surface area contributed by atoms with Crippen LogP contribution in [0.1, 0.15) is 46.5 Å². The van der Waals surface area contributed by atoms with Gasteiger partial charge in [-0.2, -0.15) is 0 Å². The second-order valence-corrected chi connectivity index (χ2v) is 9.24. The fourth-order valence-electron chi connectivity index (χ4n) is 4.16. The first-order valence-electron chi connectivity index (χ1n) is 10.2. The van der Waals surface area contributed by atoms with Gasteiger partial charge in [0.15, 0.2) is 5.78 Å². The Morgan fingerprint density at radius 1 is 1.06 bits per heavy atom. The van der Waals surface area contributed by atoms with Crippen molar-refractivity contribution in [2.45, 2.75) is 26.7 Å². The number of pyridine rings is 1. The van der Waals surface area contributed by atoms with Gasteiger partial charge >= 0.3 is 0 Å². The van der Waals surface area contributed by atoms with Crippen molar-refractivity contribution >= 4 is 29.0 Å². The quantitative estimate of drug-likeness (QED) is 0.558. The Bertz CT molecular complexity index is 1300. The monoisotopic (exact) mass is 452 g/mol. The number of rotatable bonds is 3. The van der Waals surface area contributed by atoms with Gasteiger partial charge in [0.2, 0.25) is 0 Å². The van der Waals surface area contributed by atoms with Gasteiger partial charge in [0.05, 0.1) is 5.69 Å². The van der Waals surface area contributed by atoms with E-state index < -0.39 is 22.7 Å². The van der Waals surface area contributed by atoms with Crippen LogP contribution in [0.15, 0.2) is 59.5 Å². The van der Waals surface area contributed by atoms with Crippen LogP contribution >= 0.6 is 11.6 Å². The van der Waals surface area contributed by atoms with Crippen molar-refractivity contribution in [3.05, 3.63) is 92.6 Å². The third-order valence-electron chi connectivity index (χ3n) is 5.75. The number of aromatic nitrogens is 1. The molecule has 1 aliphatic carbocycles. The predicted molar refractivity (Wildman–Crippen MR) is 123 cm³/mol. The number of halogens is 2. The minimum Gasteiger partial charge on any atom is -0.308 e. The van der Waals surface area contributed by atoms with Crippen LogP contribution in [0, 0.1) is 11.2 Å². The molecule has 0 radical (unpaired) electrons.